The van der Waals surface area contributed by atoms with Crippen molar-refractivity contribution in [3.05, 3.63) is 102 Å². The zero-order valence-corrected chi connectivity index (χ0v) is 23.4. The molecule has 3 aromatic rings. The largest absolute Gasteiger partial charge is 0.496 e. The maximum Gasteiger partial charge on any atom is 0.338 e. The number of thiazole rings is 1. The fraction of sp³-hybridized carbons (Fsp3) is 0.214. The van der Waals surface area contributed by atoms with Crippen LogP contribution in [0.3, 0.4) is 0 Å². The molecule has 1 amide bonds. The Labute approximate surface area is 231 Å². The molecule has 1 atom stereocenters. The van der Waals surface area contributed by atoms with Crippen LogP contribution in [-0.4, -0.2) is 36.7 Å². The lowest BCUT2D eigenvalue weighted by atomic mass is 9.95. The molecule has 10 heteroatoms. The fourth-order valence-electron chi connectivity index (χ4n) is 4.86. The zero-order chi connectivity index (χ0) is 27.1. The van der Waals surface area contributed by atoms with E-state index in [1.807, 2.05) is 36.4 Å². The number of esters is 1. The fourth-order valence-corrected chi connectivity index (χ4v) is 6.38. The molecule has 2 aliphatic heterocycles. The molecule has 3 heterocycles. The van der Waals surface area contributed by atoms with Crippen LogP contribution in [0.25, 0.3) is 5.57 Å². The summed E-state index contributed by atoms with van der Waals surface area (Å²) in [6, 6.07) is 11.9. The van der Waals surface area contributed by atoms with E-state index in [9.17, 15) is 14.4 Å². The number of nitrogens with zero attached hydrogens (tertiary/aromatic N) is 3. The van der Waals surface area contributed by atoms with Crippen LogP contribution in [0.1, 0.15) is 31.0 Å². The van der Waals surface area contributed by atoms with E-state index < -0.39 is 17.6 Å². The minimum Gasteiger partial charge on any atom is -0.496 e. The lowest BCUT2D eigenvalue weighted by molar-refractivity contribution is -0.139. The molecule has 2 aliphatic rings. The number of aromatic nitrogens is 1. The molecule has 0 spiro atoms. The Kier molecular flexibility index (Phi) is 6.93. The number of para-hydroxylation sites is 1. The zero-order valence-electron chi connectivity index (χ0n) is 21.0. The lowest BCUT2D eigenvalue weighted by Gasteiger charge is -2.26. The Hall–Kier alpha value is -3.76. The van der Waals surface area contributed by atoms with Crippen LogP contribution in [0.2, 0.25) is 0 Å². The van der Waals surface area contributed by atoms with E-state index in [1.54, 1.807) is 30.9 Å². The van der Waals surface area contributed by atoms with Gasteiger partial charge in [-0.1, -0.05) is 51.5 Å². The number of carbonyl (C=O) groups excluding carboxylic acids is 2. The van der Waals surface area contributed by atoms with Gasteiger partial charge in [-0.15, -0.1) is 6.58 Å². The number of benzene rings is 2. The van der Waals surface area contributed by atoms with Crippen LogP contribution in [0, 0.1) is 0 Å². The Morgan fingerprint density at radius 3 is 2.71 bits per heavy atom. The second-order valence-corrected chi connectivity index (χ2v) is 10.5. The Bertz CT molecular complexity index is 1720. The molecule has 0 N–H and O–H groups in total. The number of rotatable bonds is 6. The van der Waals surface area contributed by atoms with E-state index in [-0.39, 0.29) is 22.6 Å². The number of ether oxygens (including phenoxy) is 2. The third-order valence-corrected chi connectivity index (χ3v) is 7.99. The molecule has 0 radical (unpaired) electrons. The van der Waals surface area contributed by atoms with Gasteiger partial charge in [0.2, 0.25) is 0 Å². The molecule has 5 rings (SSSR count). The molecule has 0 fully saturated rings. The highest BCUT2D eigenvalue weighted by atomic mass is 79.9. The van der Waals surface area contributed by atoms with Gasteiger partial charge in [-0.25, -0.2) is 9.79 Å². The molecule has 1 aromatic heterocycles. The second kappa shape index (κ2) is 10.2. The standard InChI is InChI=1S/C28H24BrN3O5S/c1-5-13-31-19-10-8-7-9-17(19)22(25(31)33)24-26(34)32-23(18-14-16(29)11-12-20(18)36-4)21(27(35)37-6-2)15(3)30-28(32)38-24/h5,7-12,14,23H,1,6,13H2,2-4H3/b24-22-/t23-/m0/s1. The van der Waals surface area contributed by atoms with Crippen molar-refractivity contribution in [3.8, 4) is 5.75 Å². The first-order chi connectivity index (χ1) is 18.3. The summed E-state index contributed by atoms with van der Waals surface area (Å²) >= 11 is 4.63. The molecule has 0 unspecified atom stereocenters. The van der Waals surface area contributed by atoms with Crippen molar-refractivity contribution in [2.45, 2.75) is 19.9 Å². The number of methoxy groups -OCH3 is 1. The predicted octanol–water partition coefficient (Wildman–Crippen LogP) is 3.47. The second-order valence-electron chi connectivity index (χ2n) is 8.61. The van der Waals surface area contributed by atoms with Crippen LogP contribution >= 0.6 is 27.3 Å². The van der Waals surface area contributed by atoms with E-state index in [1.165, 1.54) is 11.7 Å². The summed E-state index contributed by atoms with van der Waals surface area (Å²) in [7, 11) is 1.53. The minimum absolute atomic E-state index is 0.164. The van der Waals surface area contributed by atoms with E-state index in [4.69, 9.17) is 9.47 Å². The summed E-state index contributed by atoms with van der Waals surface area (Å²) in [5.74, 6) is -0.361. The number of allylic oxidation sites excluding steroid dienone is 1. The molecule has 0 aliphatic carbocycles. The first-order valence-electron chi connectivity index (χ1n) is 11.9. The Balaban J connectivity index is 1.86. The minimum atomic E-state index is -0.872. The van der Waals surface area contributed by atoms with Gasteiger partial charge in [-0.3, -0.25) is 14.2 Å². The van der Waals surface area contributed by atoms with Gasteiger partial charge in [0.15, 0.2) is 4.80 Å². The van der Waals surface area contributed by atoms with E-state index in [0.29, 0.717) is 45.2 Å². The van der Waals surface area contributed by atoms with E-state index >= 15 is 0 Å². The number of carbonyl (C=O) groups is 2. The van der Waals surface area contributed by atoms with Gasteiger partial charge >= 0.3 is 5.97 Å². The topological polar surface area (TPSA) is 90.2 Å². The quantitative estimate of drug-likeness (QED) is 0.322. The highest BCUT2D eigenvalue weighted by Gasteiger charge is 2.38. The van der Waals surface area contributed by atoms with Crippen LogP contribution in [-0.2, 0) is 14.3 Å². The summed E-state index contributed by atoms with van der Waals surface area (Å²) in [6.07, 6.45) is 1.65. The number of amides is 1. The third-order valence-electron chi connectivity index (χ3n) is 6.44. The van der Waals surface area contributed by atoms with Gasteiger partial charge in [0.1, 0.15) is 16.3 Å². The normalized spacial score (nSPS) is 17.6. The monoisotopic (exact) mass is 593 g/mol. The molecule has 38 heavy (non-hydrogen) atoms. The molecular formula is C28H24BrN3O5S. The Morgan fingerprint density at radius 2 is 2.00 bits per heavy atom. The first kappa shape index (κ1) is 25.9. The average Bonchev–Trinajstić information content (AvgIpc) is 3.36. The Morgan fingerprint density at radius 1 is 1.24 bits per heavy atom. The summed E-state index contributed by atoms with van der Waals surface area (Å²) in [6.45, 7) is 7.67. The summed E-state index contributed by atoms with van der Waals surface area (Å²) in [4.78, 5) is 47.6. The number of anilines is 1. The smallest absolute Gasteiger partial charge is 0.338 e. The number of halogens is 1. The van der Waals surface area contributed by atoms with Crippen LogP contribution in [0.4, 0.5) is 5.69 Å². The third kappa shape index (κ3) is 4.04. The lowest BCUT2D eigenvalue weighted by Crippen LogP contribution is -2.41. The van der Waals surface area contributed by atoms with Crippen molar-refractivity contribution in [3.63, 3.8) is 0 Å². The molecule has 0 saturated carbocycles. The molecular weight excluding hydrogens is 570 g/mol. The van der Waals surface area contributed by atoms with Crippen LogP contribution in [0.15, 0.2) is 80.6 Å². The average molecular weight is 594 g/mol. The van der Waals surface area contributed by atoms with Gasteiger partial charge in [0, 0.05) is 22.1 Å². The summed E-state index contributed by atoms with van der Waals surface area (Å²) in [5, 5.41) is 0. The maximum atomic E-state index is 14.2. The van der Waals surface area contributed by atoms with E-state index in [0.717, 1.165) is 15.8 Å². The maximum absolute atomic E-state index is 14.2. The number of hydrogen-bond acceptors (Lipinski definition) is 7. The first-order valence-corrected chi connectivity index (χ1v) is 13.5. The van der Waals surface area contributed by atoms with Crippen molar-refractivity contribution >= 4 is 50.4 Å². The van der Waals surface area contributed by atoms with Crippen molar-refractivity contribution in [1.82, 2.24) is 4.57 Å². The molecule has 194 valence electrons. The van der Waals surface area contributed by atoms with Gasteiger partial charge in [0.25, 0.3) is 11.5 Å². The molecule has 0 bridgehead atoms. The molecule has 2 aromatic carbocycles. The summed E-state index contributed by atoms with van der Waals surface area (Å²) in [5.41, 5.74) is 2.52. The van der Waals surface area contributed by atoms with Crippen molar-refractivity contribution in [2.75, 3.05) is 25.2 Å². The van der Waals surface area contributed by atoms with Crippen molar-refractivity contribution in [1.29, 1.82) is 0 Å². The number of fused-ring (bicyclic) bond motifs is 2. The van der Waals surface area contributed by atoms with Crippen LogP contribution < -0.4 is 24.5 Å². The van der Waals surface area contributed by atoms with Crippen molar-refractivity contribution in [2.24, 2.45) is 4.99 Å². The SMILES string of the molecule is C=CCN1C(=O)/C(=c2\sc3n(c2=O)[C@@H](c2cc(Br)ccc2OC)C(C(=O)OCC)=C(C)N=3)c2ccccc21. The van der Waals surface area contributed by atoms with Gasteiger partial charge in [0.05, 0.1) is 36.2 Å². The highest BCUT2D eigenvalue weighted by molar-refractivity contribution is 9.10. The highest BCUT2D eigenvalue weighted by Crippen LogP contribution is 2.38. The molecule has 0 saturated heterocycles. The van der Waals surface area contributed by atoms with Crippen molar-refractivity contribution < 1.29 is 19.1 Å². The predicted molar refractivity (Wildman–Crippen MR) is 149 cm³/mol. The van der Waals surface area contributed by atoms with E-state index in [2.05, 4.69) is 27.5 Å². The summed E-state index contributed by atoms with van der Waals surface area (Å²) < 4.78 is 13.5. The van der Waals surface area contributed by atoms with Gasteiger partial charge < -0.3 is 14.4 Å². The van der Waals surface area contributed by atoms with Gasteiger partial charge in [-0.05, 0) is 38.1 Å². The molecule has 8 nitrogen and oxygen atoms in total. The van der Waals surface area contributed by atoms with Gasteiger partial charge in [-0.2, -0.15) is 0 Å². The van der Waals surface area contributed by atoms with Crippen LogP contribution in [0.5, 0.6) is 5.75 Å². The number of hydrogen-bond donors (Lipinski definition) is 0.